The standard InChI is InChI=1S/C31H35FO3/c1-3-5-6-22-7-9-23(10-8-22)26-15-20-29(30(32)21-26)24-11-13-25(14-12-24)31(33)35-28-18-16-27(17-19-28)34-4-2/h11-23H,3-10H2,1-2H3. The molecular formula is C31H35FO3. The van der Waals surface area contributed by atoms with Gasteiger partial charge in [0.05, 0.1) is 12.2 Å². The number of esters is 1. The summed E-state index contributed by atoms with van der Waals surface area (Å²) in [7, 11) is 0. The lowest BCUT2D eigenvalue weighted by molar-refractivity contribution is 0.0734. The van der Waals surface area contributed by atoms with Gasteiger partial charge in [-0.05, 0) is 98.0 Å². The first-order valence-corrected chi connectivity index (χ1v) is 12.9. The van der Waals surface area contributed by atoms with E-state index in [1.807, 2.05) is 13.0 Å². The molecule has 3 aromatic rings. The summed E-state index contributed by atoms with van der Waals surface area (Å²) in [6.45, 7) is 4.74. The highest BCUT2D eigenvalue weighted by atomic mass is 19.1. The smallest absolute Gasteiger partial charge is 0.343 e. The molecule has 0 atom stereocenters. The zero-order valence-electron chi connectivity index (χ0n) is 20.8. The first kappa shape index (κ1) is 25.0. The fourth-order valence-corrected chi connectivity index (χ4v) is 5.02. The Hall–Kier alpha value is -3.14. The van der Waals surface area contributed by atoms with Crippen LogP contribution in [-0.2, 0) is 0 Å². The van der Waals surface area contributed by atoms with E-state index in [0.717, 1.165) is 35.6 Å². The number of carbonyl (C=O) groups is 1. The molecule has 1 aliphatic rings. The fourth-order valence-electron chi connectivity index (χ4n) is 5.02. The third-order valence-corrected chi connectivity index (χ3v) is 7.05. The molecule has 4 rings (SSSR count). The molecule has 1 fully saturated rings. The molecule has 0 spiro atoms. The zero-order valence-corrected chi connectivity index (χ0v) is 20.8. The normalized spacial score (nSPS) is 17.7. The van der Waals surface area contributed by atoms with Gasteiger partial charge in [-0.15, -0.1) is 0 Å². The number of benzene rings is 3. The molecule has 0 aromatic heterocycles. The number of hydrogen-bond donors (Lipinski definition) is 0. The van der Waals surface area contributed by atoms with Gasteiger partial charge in [0.1, 0.15) is 17.3 Å². The van der Waals surface area contributed by atoms with Crippen molar-refractivity contribution in [1.29, 1.82) is 0 Å². The van der Waals surface area contributed by atoms with Crippen molar-refractivity contribution in [2.45, 2.75) is 64.7 Å². The molecule has 1 aliphatic carbocycles. The summed E-state index contributed by atoms with van der Waals surface area (Å²) in [5.74, 6) is 1.81. The molecule has 0 unspecified atom stereocenters. The van der Waals surface area contributed by atoms with E-state index in [0.29, 0.717) is 29.4 Å². The summed E-state index contributed by atoms with van der Waals surface area (Å²) in [6, 6.07) is 19.5. The minimum atomic E-state index is -0.453. The highest BCUT2D eigenvalue weighted by Crippen LogP contribution is 2.38. The number of rotatable bonds is 9. The third-order valence-electron chi connectivity index (χ3n) is 7.05. The van der Waals surface area contributed by atoms with Crippen LogP contribution in [0.1, 0.15) is 80.6 Å². The summed E-state index contributed by atoms with van der Waals surface area (Å²) >= 11 is 0. The monoisotopic (exact) mass is 474 g/mol. The maximum absolute atomic E-state index is 15.1. The van der Waals surface area contributed by atoms with E-state index in [1.54, 1.807) is 54.6 Å². The lowest BCUT2D eigenvalue weighted by atomic mass is 9.77. The van der Waals surface area contributed by atoms with Crippen LogP contribution in [0.25, 0.3) is 11.1 Å². The Balaban J connectivity index is 1.37. The summed E-state index contributed by atoms with van der Waals surface area (Å²) in [6.07, 6.45) is 8.72. The molecule has 3 aromatic carbocycles. The SMILES string of the molecule is CCCCC1CCC(c2ccc(-c3ccc(C(=O)Oc4ccc(OCC)cc4)cc3)c(F)c2)CC1. The van der Waals surface area contributed by atoms with Crippen molar-refractivity contribution >= 4 is 5.97 Å². The van der Waals surface area contributed by atoms with Gasteiger partial charge in [-0.3, -0.25) is 0 Å². The number of ether oxygens (including phenoxy) is 2. The topological polar surface area (TPSA) is 35.5 Å². The van der Waals surface area contributed by atoms with Crippen LogP contribution in [-0.4, -0.2) is 12.6 Å². The van der Waals surface area contributed by atoms with E-state index in [1.165, 1.54) is 32.1 Å². The molecular weight excluding hydrogens is 439 g/mol. The lowest BCUT2D eigenvalue weighted by Crippen LogP contribution is -2.13. The Kier molecular flexibility index (Phi) is 8.57. The van der Waals surface area contributed by atoms with Crippen LogP contribution in [0.3, 0.4) is 0 Å². The summed E-state index contributed by atoms with van der Waals surface area (Å²) in [4.78, 5) is 12.5. The summed E-state index contributed by atoms with van der Waals surface area (Å²) in [5, 5.41) is 0. The Morgan fingerprint density at radius 3 is 2.20 bits per heavy atom. The highest BCUT2D eigenvalue weighted by Gasteiger charge is 2.23. The first-order valence-electron chi connectivity index (χ1n) is 12.9. The Labute approximate surface area is 208 Å². The van der Waals surface area contributed by atoms with Gasteiger partial charge in [-0.25, -0.2) is 9.18 Å². The highest BCUT2D eigenvalue weighted by molar-refractivity contribution is 5.91. The molecule has 4 heteroatoms. The van der Waals surface area contributed by atoms with Gasteiger partial charge in [0.25, 0.3) is 0 Å². The minimum Gasteiger partial charge on any atom is -0.494 e. The van der Waals surface area contributed by atoms with Crippen LogP contribution in [0.5, 0.6) is 11.5 Å². The number of hydrogen-bond acceptors (Lipinski definition) is 3. The largest absolute Gasteiger partial charge is 0.494 e. The van der Waals surface area contributed by atoms with Crippen LogP contribution >= 0.6 is 0 Å². The average Bonchev–Trinajstić information content (AvgIpc) is 2.89. The van der Waals surface area contributed by atoms with Gasteiger partial charge in [-0.2, -0.15) is 0 Å². The molecule has 0 bridgehead atoms. The van der Waals surface area contributed by atoms with E-state index in [9.17, 15) is 4.79 Å². The van der Waals surface area contributed by atoms with Crippen LogP contribution in [0, 0.1) is 11.7 Å². The molecule has 0 N–H and O–H groups in total. The van der Waals surface area contributed by atoms with Crippen molar-refractivity contribution < 1.29 is 18.7 Å². The van der Waals surface area contributed by atoms with E-state index in [-0.39, 0.29) is 5.82 Å². The van der Waals surface area contributed by atoms with Crippen molar-refractivity contribution in [3.8, 4) is 22.6 Å². The maximum Gasteiger partial charge on any atom is 0.343 e. The number of halogens is 1. The van der Waals surface area contributed by atoms with Crippen LogP contribution < -0.4 is 9.47 Å². The Morgan fingerprint density at radius 2 is 1.57 bits per heavy atom. The molecule has 0 amide bonds. The van der Waals surface area contributed by atoms with Gasteiger partial charge in [0.15, 0.2) is 0 Å². The van der Waals surface area contributed by atoms with Crippen molar-refractivity contribution in [2.24, 2.45) is 5.92 Å². The minimum absolute atomic E-state index is 0.208. The number of unbranched alkanes of at least 4 members (excludes halogenated alkanes) is 1. The van der Waals surface area contributed by atoms with Gasteiger partial charge in [-0.1, -0.05) is 50.5 Å². The van der Waals surface area contributed by atoms with Crippen LogP contribution in [0.4, 0.5) is 4.39 Å². The van der Waals surface area contributed by atoms with Gasteiger partial charge >= 0.3 is 5.97 Å². The second-order valence-electron chi connectivity index (χ2n) is 9.47. The predicted molar refractivity (Wildman–Crippen MR) is 139 cm³/mol. The van der Waals surface area contributed by atoms with Crippen molar-refractivity contribution in [3.63, 3.8) is 0 Å². The van der Waals surface area contributed by atoms with Crippen LogP contribution in [0.2, 0.25) is 0 Å². The lowest BCUT2D eigenvalue weighted by Gasteiger charge is -2.29. The third kappa shape index (κ3) is 6.50. The molecule has 3 nitrogen and oxygen atoms in total. The first-order chi connectivity index (χ1) is 17.1. The number of carbonyl (C=O) groups excluding carboxylic acids is 1. The fraction of sp³-hybridized carbons (Fsp3) is 0.387. The van der Waals surface area contributed by atoms with Gasteiger partial charge < -0.3 is 9.47 Å². The van der Waals surface area contributed by atoms with Crippen molar-refractivity contribution in [1.82, 2.24) is 0 Å². The second kappa shape index (κ2) is 12.0. The average molecular weight is 475 g/mol. The van der Waals surface area contributed by atoms with Gasteiger partial charge in [0.2, 0.25) is 0 Å². The maximum atomic E-state index is 15.1. The molecule has 1 saturated carbocycles. The Bertz CT molecular complexity index is 1100. The molecule has 35 heavy (non-hydrogen) atoms. The van der Waals surface area contributed by atoms with Crippen LogP contribution in [0.15, 0.2) is 66.7 Å². The van der Waals surface area contributed by atoms with Crippen molar-refractivity contribution in [2.75, 3.05) is 6.61 Å². The van der Waals surface area contributed by atoms with Gasteiger partial charge in [0, 0.05) is 5.56 Å². The Morgan fingerprint density at radius 1 is 0.886 bits per heavy atom. The van der Waals surface area contributed by atoms with E-state index in [2.05, 4.69) is 13.0 Å². The van der Waals surface area contributed by atoms with E-state index < -0.39 is 5.97 Å². The van der Waals surface area contributed by atoms with E-state index in [4.69, 9.17) is 9.47 Å². The van der Waals surface area contributed by atoms with Crippen molar-refractivity contribution in [3.05, 3.63) is 83.7 Å². The molecule has 0 aliphatic heterocycles. The zero-order chi connectivity index (χ0) is 24.6. The molecule has 0 heterocycles. The van der Waals surface area contributed by atoms with E-state index >= 15 is 4.39 Å². The summed E-state index contributed by atoms with van der Waals surface area (Å²) in [5.41, 5.74) is 2.82. The molecule has 184 valence electrons. The predicted octanol–water partition coefficient (Wildman–Crippen LogP) is 8.57. The molecule has 0 saturated heterocycles. The molecule has 0 radical (unpaired) electrons. The quantitative estimate of drug-likeness (QED) is 0.230. The summed E-state index contributed by atoms with van der Waals surface area (Å²) < 4.78 is 25.9. The second-order valence-corrected chi connectivity index (χ2v) is 9.47.